The fourth-order valence-corrected chi connectivity index (χ4v) is 1.74. The van der Waals surface area contributed by atoms with Gasteiger partial charge in [0.15, 0.2) is 11.6 Å². The largest absolute Gasteiger partial charge is 0.308 e. The highest BCUT2D eigenvalue weighted by Crippen LogP contribution is 2.21. The molecule has 2 aromatic rings. The Balaban J connectivity index is 2.42. The molecule has 90 valence electrons. The number of aromatic nitrogens is 3. The van der Waals surface area contributed by atoms with Crippen molar-refractivity contribution in [1.29, 1.82) is 0 Å². The third kappa shape index (κ3) is 2.16. The summed E-state index contributed by atoms with van der Waals surface area (Å²) in [6, 6.07) is 3.54. The van der Waals surface area contributed by atoms with Gasteiger partial charge in [0.1, 0.15) is 0 Å². The first-order chi connectivity index (χ1) is 8.13. The molecule has 0 aliphatic heterocycles. The summed E-state index contributed by atoms with van der Waals surface area (Å²) in [6.45, 7) is 0. The molecule has 0 aliphatic rings. The lowest BCUT2D eigenvalue weighted by Gasteiger charge is -2.16. The van der Waals surface area contributed by atoms with Crippen molar-refractivity contribution in [2.45, 2.75) is 6.04 Å². The molecule has 0 fully saturated rings. The molecule has 1 heterocycles. The molecule has 17 heavy (non-hydrogen) atoms. The Morgan fingerprint density at radius 3 is 2.59 bits per heavy atom. The van der Waals surface area contributed by atoms with Crippen molar-refractivity contribution in [3.05, 3.63) is 47.3 Å². The molecule has 0 saturated heterocycles. The molecule has 6 heteroatoms. The van der Waals surface area contributed by atoms with Crippen LogP contribution < -0.4 is 5.32 Å². The molecule has 4 nitrogen and oxygen atoms in total. The molecule has 0 saturated carbocycles. The minimum absolute atomic E-state index is 0.273. The summed E-state index contributed by atoms with van der Waals surface area (Å²) in [7, 11) is 3.48. The van der Waals surface area contributed by atoms with Crippen molar-refractivity contribution in [1.82, 2.24) is 20.3 Å². The Labute approximate surface area is 97.3 Å². The quantitative estimate of drug-likeness (QED) is 0.879. The number of rotatable bonds is 3. The van der Waals surface area contributed by atoms with Crippen LogP contribution in [0.1, 0.15) is 17.3 Å². The normalized spacial score (nSPS) is 12.7. The average Bonchev–Trinajstić information content (AvgIpc) is 2.71. The van der Waals surface area contributed by atoms with Gasteiger partial charge in [0.2, 0.25) is 0 Å². The second-order valence-electron chi connectivity index (χ2n) is 3.68. The van der Waals surface area contributed by atoms with E-state index in [0.717, 1.165) is 11.8 Å². The summed E-state index contributed by atoms with van der Waals surface area (Å²) < 4.78 is 27.6. The zero-order valence-electron chi connectivity index (χ0n) is 9.48. The van der Waals surface area contributed by atoms with E-state index in [1.165, 1.54) is 12.1 Å². The van der Waals surface area contributed by atoms with Gasteiger partial charge in [0, 0.05) is 7.05 Å². The van der Waals surface area contributed by atoms with Crippen LogP contribution in [0.5, 0.6) is 0 Å². The van der Waals surface area contributed by atoms with Crippen LogP contribution in [0.25, 0.3) is 0 Å². The lowest BCUT2D eigenvalue weighted by Crippen LogP contribution is -2.20. The van der Waals surface area contributed by atoms with Crippen molar-refractivity contribution >= 4 is 0 Å². The van der Waals surface area contributed by atoms with Crippen molar-refractivity contribution in [2.75, 3.05) is 7.05 Å². The van der Waals surface area contributed by atoms with E-state index in [-0.39, 0.29) is 6.04 Å². The smallest absolute Gasteiger partial charge is 0.159 e. The lowest BCUT2D eigenvalue weighted by atomic mass is 10.0. The molecule has 0 amide bonds. The number of nitrogens with zero attached hydrogens (tertiary/aromatic N) is 3. The number of halogens is 2. The molecule has 0 bridgehead atoms. The minimum Gasteiger partial charge on any atom is -0.308 e. The summed E-state index contributed by atoms with van der Waals surface area (Å²) >= 11 is 0. The van der Waals surface area contributed by atoms with Gasteiger partial charge >= 0.3 is 0 Å². The van der Waals surface area contributed by atoms with E-state index in [1.54, 1.807) is 25.0 Å². The van der Waals surface area contributed by atoms with E-state index in [2.05, 4.69) is 15.6 Å². The van der Waals surface area contributed by atoms with Crippen molar-refractivity contribution < 1.29 is 8.78 Å². The second kappa shape index (κ2) is 4.58. The van der Waals surface area contributed by atoms with Crippen LogP contribution in [0.15, 0.2) is 24.4 Å². The van der Waals surface area contributed by atoms with Crippen molar-refractivity contribution in [3.63, 3.8) is 0 Å². The zero-order valence-corrected chi connectivity index (χ0v) is 9.48. The van der Waals surface area contributed by atoms with Gasteiger partial charge in [-0.1, -0.05) is 11.3 Å². The van der Waals surface area contributed by atoms with Gasteiger partial charge in [0.05, 0.1) is 17.9 Å². The van der Waals surface area contributed by atoms with Gasteiger partial charge in [-0.3, -0.25) is 4.68 Å². The summed E-state index contributed by atoms with van der Waals surface area (Å²) in [4.78, 5) is 0. The third-order valence-electron chi connectivity index (χ3n) is 2.61. The number of hydrogen-bond donors (Lipinski definition) is 1. The number of hydrogen-bond acceptors (Lipinski definition) is 3. The minimum atomic E-state index is -0.863. The summed E-state index contributed by atoms with van der Waals surface area (Å²) in [6.07, 6.45) is 1.59. The molecule has 1 N–H and O–H groups in total. The molecule has 0 spiro atoms. The van der Waals surface area contributed by atoms with Crippen molar-refractivity contribution in [3.8, 4) is 0 Å². The lowest BCUT2D eigenvalue weighted by molar-refractivity contribution is 0.503. The molecule has 1 aromatic heterocycles. The maximum Gasteiger partial charge on any atom is 0.159 e. The molecule has 0 radical (unpaired) electrons. The Morgan fingerprint density at radius 1 is 1.29 bits per heavy atom. The first-order valence-corrected chi connectivity index (χ1v) is 5.10. The standard InChI is InChI=1S/C11H12F2N4/c1-14-11(10-6-15-16-17(10)2)7-3-4-8(12)9(13)5-7/h3-6,11,14H,1-2H3. The number of aryl methyl sites for hydroxylation is 1. The highest BCUT2D eigenvalue weighted by atomic mass is 19.2. The fourth-order valence-electron chi connectivity index (χ4n) is 1.74. The van der Waals surface area contributed by atoms with Gasteiger partial charge in [-0.25, -0.2) is 8.78 Å². The van der Waals surface area contributed by atoms with Gasteiger partial charge < -0.3 is 5.32 Å². The van der Waals surface area contributed by atoms with Gasteiger partial charge in [-0.05, 0) is 24.7 Å². The summed E-state index contributed by atoms with van der Waals surface area (Å²) in [5.74, 6) is -1.72. The van der Waals surface area contributed by atoms with E-state index >= 15 is 0 Å². The maximum absolute atomic E-state index is 13.2. The molecular weight excluding hydrogens is 226 g/mol. The van der Waals surface area contributed by atoms with Crippen molar-refractivity contribution in [2.24, 2.45) is 7.05 Å². The second-order valence-corrected chi connectivity index (χ2v) is 3.68. The van der Waals surface area contributed by atoms with Crippen LogP contribution in [0.4, 0.5) is 8.78 Å². The van der Waals surface area contributed by atoms with E-state index in [0.29, 0.717) is 5.56 Å². The van der Waals surface area contributed by atoms with Crippen LogP contribution >= 0.6 is 0 Å². The highest BCUT2D eigenvalue weighted by molar-refractivity contribution is 5.27. The van der Waals surface area contributed by atoms with Crippen LogP contribution in [-0.4, -0.2) is 22.0 Å². The maximum atomic E-state index is 13.2. The van der Waals surface area contributed by atoms with Gasteiger partial charge in [0.25, 0.3) is 0 Å². The molecule has 1 atom stereocenters. The summed E-state index contributed by atoms with van der Waals surface area (Å²) in [5, 5.41) is 10.6. The first-order valence-electron chi connectivity index (χ1n) is 5.10. The SMILES string of the molecule is CNC(c1ccc(F)c(F)c1)c1cnnn1C. The van der Waals surface area contributed by atoms with Crippen LogP contribution in [0.2, 0.25) is 0 Å². The Hall–Kier alpha value is -1.82. The predicted molar refractivity (Wildman–Crippen MR) is 58.3 cm³/mol. The predicted octanol–water partition coefficient (Wildman–Crippen LogP) is 1.40. The van der Waals surface area contributed by atoms with Gasteiger partial charge in [-0.2, -0.15) is 0 Å². The van der Waals surface area contributed by atoms with Crippen LogP contribution in [-0.2, 0) is 7.05 Å². The zero-order chi connectivity index (χ0) is 12.4. The molecule has 2 rings (SSSR count). The molecule has 0 aliphatic carbocycles. The summed E-state index contributed by atoms with van der Waals surface area (Å²) in [5.41, 5.74) is 1.40. The Kier molecular flexibility index (Phi) is 3.14. The van der Waals surface area contributed by atoms with E-state index < -0.39 is 11.6 Å². The monoisotopic (exact) mass is 238 g/mol. The fraction of sp³-hybridized carbons (Fsp3) is 0.273. The first kappa shape index (κ1) is 11.7. The van der Waals surface area contributed by atoms with Crippen LogP contribution in [0.3, 0.4) is 0 Å². The Morgan fingerprint density at radius 2 is 2.06 bits per heavy atom. The third-order valence-corrected chi connectivity index (χ3v) is 2.61. The molecular formula is C11H12F2N4. The van der Waals surface area contributed by atoms with E-state index in [1.807, 2.05) is 0 Å². The van der Waals surface area contributed by atoms with E-state index in [9.17, 15) is 8.78 Å². The topological polar surface area (TPSA) is 42.7 Å². The highest BCUT2D eigenvalue weighted by Gasteiger charge is 2.17. The molecule has 1 aromatic carbocycles. The average molecular weight is 238 g/mol. The van der Waals surface area contributed by atoms with Gasteiger partial charge in [-0.15, -0.1) is 5.10 Å². The van der Waals surface area contributed by atoms with Crippen LogP contribution in [0, 0.1) is 11.6 Å². The van der Waals surface area contributed by atoms with E-state index in [4.69, 9.17) is 0 Å². The number of nitrogens with one attached hydrogen (secondary N) is 1. The number of benzene rings is 1. The molecule has 1 unspecified atom stereocenters. The Bertz CT molecular complexity index is 524.